The summed E-state index contributed by atoms with van der Waals surface area (Å²) in [6.07, 6.45) is 2.33. The summed E-state index contributed by atoms with van der Waals surface area (Å²) in [5.41, 5.74) is 5.57. The molecular formula is C21H21ClN4O. The Balaban J connectivity index is 1.65. The van der Waals surface area contributed by atoms with E-state index < -0.39 is 0 Å². The third-order valence-electron chi connectivity index (χ3n) is 4.99. The van der Waals surface area contributed by atoms with Crippen LogP contribution in [0.5, 0.6) is 0 Å². The first-order valence-electron chi connectivity index (χ1n) is 9.12. The number of fused-ring (bicyclic) bond motifs is 1. The lowest BCUT2D eigenvalue weighted by Crippen LogP contribution is -2.21. The van der Waals surface area contributed by atoms with Crippen LogP contribution in [0.15, 0.2) is 36.4 Å². The van der Waals surface area contributed by atoms with Gasteiger partial charge in [0.05, 0.1) is 33.8 Å². The van der Waals surface area contributed by atoms with Crippen molar-refractivity contribution in [2.75, 3.05) is 23.3 Å². The zero-order valence-electron chi connectivity index (χ0n) is 15.4. The molecule has 1 fully saturated rings. The fraction of sp³-hybridized carbons (Fsp3) is 0.286. The van der Waals surface area contributed by atoms with E-state index in [4.69, 9.17) is 11.6 Å². The van der Waals surface area contributed by atoms with Crippen LogP contribution in [0.3, 0.4) is 0 Å². The quantitative estimate of drug-likeness (QED) is 0.712. The molecule has 4 rings (SSSR count). The first-order valence-corrected chi connectivity index (χ1v) is 9.50. The van der Waals surface area contributed by atoms with Crippen molar-refractivity contribution in [1.82, 2.24) is 9.97 Å². The SMILES string of the molecule is Cc1nc2ccc(C(=O)Nc3cc(Cl)ccc3N3CCCC3)cc2nc1C. The maximum atomic E-state index is 12.9. The molecule has 0 bridgehead atoms. The van der Waals surface area contributed by atoms with E-state index in [2.05, 4.69) is 20.2 Å². The molecule has 0 aliphatic carbocycles. The molecule has 27 heavy (non-hydrogen) atoms. The molecule has 0 unspecified atom stereocenters. The fourth-order valence-corrected chi connectivity index (χ4v) is 3.58. The minimum atomic E-state index is -0.181. The number of anilines is 2. The molecule has 138 valence electrons. The molecule has 2 aromatic carbocycles. The Morgan fingerprint density at radius 1 is 1.00 bits per heavy atom. The number of aryl methyl sites for hydroxylation is 2. The molecule has 1 N–H and O–H groups in total. The van der Waals surface area contributed by atoms with E-state index in [9.17, 15) is 4.79 Å². The molecule has 1 aliphatic rings. The first kappa shape index (κ1) is 17.7. The number of nitrogens with zero attached hydrogens (tertiary/aromatic N) is 3. The van der Waals surface area contributed by atoms with Crippen LogP contribution in [0.25, 0.3) is 11.0 Å². The van der Waals surface area contributed by atoms with Gasteiger partial charge in [0.1, 0.15) is 0 Å². The second-order valence-electron chi connectivity index (χ2n) is 6.91. The van der Waals surface area contributed by atoms with E-state index in [0.29, 0.717) is 10.6 Å². The summed E-state index contributed by atoms with van der Waals surface area (Å²) in [5, 5.41) is 3.62. The predicted molar refractivity (Wildman–Crippen MR) is 110 cm³/mol. The Hall–Kier alpha value is -2.66. The molecule has 1 saturated heterocycles. The van der Waals surface area contributed by atoms with Crippen molar-refractivity contribution >= 4 is 39.9 Å². The van der Waals surface area contributed by atoms with Crippen LogP contribution < -0.4 is 10.2 Å². The van der Waals surface area contributed by atoms with Crippen molar-refractivity contribution in [3.63, 3.8) is 0 Å². The average molecular weight is 381 g/mol. The highest BCUT2D eigenvalue weighted by Crippen LogP contribution is 2.32. The molecule has 0 spiro atoms. The summed E-state index contributed by atoms with van der Waals surface area (Å²) in [6.45, 7) is 5.84. The van der Waals surface area contributed by atoms with Crippen LogP contribution in [0.2, 0.25) is 5.02 Å². The van der Waals surface area contributed by atoms with Gasteiger partial charge in [-0.25, -0.2) is 9.97 Å². The van der Waals surface area contributed by atoms with Crippen molar-refractivity contribution in [1.29, 1.82) is 0 Å². The van der Waals surface area contributed by atoms with Crippen LogP contribution in [0.4, 0.5) is 11.4 Å². The molecule has 6 heteroatoms. The zero-order chi connectivity index (χ0) is 19.0. The van der Waals surface area contributed by atoms with Crippen molar-refractivity contribution < 1.29 is 4.79 Å². The van der Waals surface area contributed by atoms with E-state index in [1.165, 1.54) is 0 Å². The number of carbonyl (C=O) groups excluding carboxylic acids is 1. The summed E-state index contributed by atoms with van der Waals surface area (Å²) in [7, 11) is 0. The van der Waals surface area contributed by atoms with Crippen LogP contribution >= 0.6 is 11.6 Å². The Bertz CT molecular complexity index is 1030. The van der Waals surface area contributed by atoms with E-state index >= 15 is 0 Å². The van der Waals surface area contributed by atoms with Gasteiger partial charge in [0.2, 0.25) is 0 Å². The molecule has 0 radical (unpaired) electrons. The van der Waals surface area contributed by atoms with E-state index in [0.717, 1.165) is 59.7 Å². The van der Waals surface area contributed by atoms with E-state index in [-0.39, 0.29) is 5.91 Å². The highest BCUT2D eigenvalue weighted by Gasteiger charge is 2.18. The van der Waals surface area contributed by atoms with Gasteiger partial charge in [-0.05, 0) is 63.1 Å². The van der Waals surface area contributed by atoms with Gasteiger partial charge >= 0.3 is 0 Å². The Morgan fingerprint density at radius 3 is 2.44 bits per heavy atom. The molecule has 5 nitrogen and oxygen atoms in total. The zero-order valence-corrected chi connectivity index (χ0v) is 16.2. The highest BCUT2D eigenvalue weighted by molar-refractivity contribution is 6.31. The molecule has 1 aromatic heterocycles. The first-order chi connectivity index (χ1) is 13.0. The van der Waals surface area contributed by atoms with Gasteiger partial charge in [-0.1, -0.05) is 11.6 Å². The second-order valence-corrected chi connectivity index (χ2v) is 7.34. The largest absolute Gasteiger partial charge is 0.370 e. The Labute approximate surface area is 163 Å². The minimum absolute atomic E-state index is 0.181. The molecule has 1 aliphatic heterocycles. The molecule has 0 saturated carbocycles. The molecule has 1 amide bonds. The van der Waals surface area contributed by atoms with Crippen LogP contribution in [0, 0.1) is 13.8 Å². The van der Waals surface area contributed by atoms with Gasteiger partial charge in [0.15, 0.2) is 0 Å². The summed E-state index contributed by atoms with van der Waals surface area (Å²) in [5.74, 6) is -0.181. The van der Waals surface area contributed by atoms with Crippen LogP contribution in [-0.2, 0) is 0 Å². The number of nitrogens with one attached hydrogen (secondary N) is 1. The van der Waals surface area contributed by atoms with Gasteiger partial charge < -0.3 is 10.2 Å². The summed E-state index contributed by atoms with van der Waals surface area (Å²) in [6, 6.07) is 11.0. The number of hydrogen-bond donors (Lipinski definition) is 1. The molecule has 0 atom stereocenters. The predicted octanol–water partition coefficient (Wildman–Crippen LogP) is 4.75. The van der Waals surface area contributed by atoms with Crippen molar-refractivity contribution in [3.8, 4) is 0 Å². The lowest BCUT2D eigenvalue weighted by Gasteiger charge is -2.22. The number of carbonyl (C=O) groups is 1. The summed E-state index contributed by atoms with van der Waals surface area (Å²) < 4.78 is 0. The average Bonchev–Trinajstić information content (AvgIpc) is 3.17. The molecular weight excluding hydrogens is 360 g/mol. The van der Waals surface area contributed by atoms with Crippen molar-refractivity contribution in [2.45, 2.75) is 26.7 Å². The summed E-state index contributed by atoms with van der Waals surface area (Å²) >= 11 is 6.18. The monoisotopic (exact) mass is 380 g/mol. The smallest absolute Gasteiger partial charge is 0.255 e. The number of amides is 1. The third kappa shape index (κ3) is 3.60. The maximum absolute atomic E-state index is 12.9. The number of benzene rings is 2. The molecule has 3 aromatic rings. The lowest BCUT2D eigenvalue weighted by molar-refractivity contribution is 0.102. The van der Waals surface area contributed by atoms with Gasteiger partial charge in [-0.3, -0.25) is 4.79 Å². The van der Waals surface area contributed by atoms with Crippen molar-refractivity contribution in [2.24, 2.45) is 0 Å². The van der Waals surface area contributed by atoms with Gasteiger partial charge in [0, 0.05) is 23.7 Å². The number of halogens is 1. The van der Waals surface area contributed by atoms with E-state index in [1.54, 1.807) is 12.1 Å². The standard InChI is InChI=1S/C21H21ClN4O/c1-13-14(2)24-18-11-15(5-7-17(18)23-13)21(27)25-19-12-16(22)6-8-20(19)26-9-3-4-10-26/h5-8,11-12H,3-4,9-10H2,1-2H3,(H,25,27). The molecule has 2 heterocycles. The summed E-state index contributed by atoms with van der Waals surface area (Å²) in [4.78, 5) is 24.2. The maximum Gasteiger partial charge on any atom is 0.255 e. The Morgan fingerprint density at radius 2 is 1.70 bits per heavy atom. The number of rotatable bonds is 3. The van der Waals surface area contributed by atoms with Crippen molar-refractivity contribution in [3.05, 3.63) is 58.4 Å². The van der Waals surface area contributed by atoms with Crippen LogP contribution in [0.1, 0.15) is 34.6 Å². The Kier molecular flexibility index (Phi) is 4.70. The van der Waals surface area contributed by atoms with E-state index in [1.807, 2.05) is 38.1 Å². The van der Waals surface area contributed by atoms with Crippen LogP contribution in [-0.4, -0.2) is 29.0 Å². The minimum Gasteiger partial charge on any atom is -0.370 e. The van der Waals surface area contributed by atoms with Gasteiger partial charge in [-0.2, -0.15) is 0 Å². The lowest BCUT2D eigenvalue weighted by atomic mass is 10.1. The third-order valence-corrected chi connectivity index (χ3v) is 5.23. The second kappa shape index (κ2) is 7.16. The topological polar surface area (TPSA) is 58.1 Å². The normalized spacial score (nSPS) is 14.0. The van der Waals surface area contributed by atoms with Gasteiger partial charge in [-0.15, -0.1) is 0 Å². The number of aromatic nitrogens is 2. The number of hydrogen-bond acceptors (Lipinski definition) is 4. The van der Waals surface area contributed by atoms with Gasteiger partial charge in [0.25, 0.3) is 5.91 Å². The highest BCUT2D eigenvalue weighted by atomic mass is 35.5. The fourth-order valence-electron chi connectivity index (χ4n) is 3.41.